The molecule has 2 aliphatic rings. The SMILES string of the molecule is NCCCCN1CCCN(c2ncnc3c2CCC3)CC1. The number of aromatic nitrogens is 2. The molecule has 1 aliphatic carbocycles. The lowest BCUT2D eigenvalue weighted by Crippen LogP contribution is -2.32. The van der Waals surface area contributed by atoms with Gasteiger partial charge in [0, 0.05) is 30.9 Å². The van der Waals surface area contributed by atoms with Crippen molar-refractivity contribution in [3.8, 4) is 0 Å². The van der Waals surface area contributed by atoms with Gasteiger partial charge in [-0.2, -0.15) is 0 Å². The number of fused-ring (bicyclic) bond motifs is 1. The van der Waals surface area contributed by atoms with Gasteiger partial charge in [0.05, 0.1) is 0 Å². The molecule has 0 atom stereocenters. The standard InChI is InChI=1S/C16H27N5/c17-7-1-2-8-20-9-4-10-21(12-11-20)16-14-5-3-6-15(14)18-13-19-16/h13H,1-12,17H2. The molecule has 5 nitrogen and oxygen atoms in total. The molecule has 5 heteroatoms. The van der Waals surface area contributed by atoms with Gasteiger partial charge in [0.1, 0.15) is 12.1 Å². The number of aryl methyl sites for hydroxylation is 1. The fraction of sp³-hybridized carbons (Fsp3) is 0.750. The Labute approximate surface area is 127 Å². The van der Waals surface area contributed by atoms with Crippen molar-refractivity contribution < 1.29 is 0 Å². The minimum atomic E-state index is 0.813. The van der Waals surface area contributed by atoms with Crippen molar-refractivity contribution in [1.82, 2.24) is 14.9 Å². The predicted molar refractivity (Wildman–Crippen MR) is 85.6 cm³/mol. The van der Waals surface area contributed by atoms with E-state index in [1.54, 1.807) is 6.33 Å². The van der Waals surface area contributed by atoms with Gasteiger partial charge in [-0.05, 0) is 58.2 Å². The number of nitrogens with two attached hydrogens (primary N) is 1. The Hall–Kier alpha value is -1.20. The molecule has 0 saturated carbocycles. The van der Waals surface area contributed by atoms with E-state index < -0.39 is 0 Å². The highest BCUT2D eigenvalue weighted by molar-refractivity contribution is 5.50. The third-order valence-electron chi connectivity index (χ3n) is 4.67. The van der Waals surface area contributed by atoms with Gasteiger partial charge in [-0.1, -0.05) is 0 Å². The number of hydrogen-bond donors (Lipinski definition) is 1. The van der Waals surface area contributed by atoms with Crippen LogP contribution >= 0.6 is 0 Å². The van der Waals surface area contributed by atoms with Gasteiger partial charge in [0.25, 0.3) is 0 Å². The fourth-order valence-electron chi connectivity index (χ4n) is 3.50. The third kappa shape index (κ3) is 3.52. The van der Waals surface area contributed by atoms with Gasteiger partial charge < -0.3 is 15.5 Å². The maximum absolute atomic E-state index is 5.58. The molecule has 2 N–H and O–H groups in total. The summed E-state index contributed by atoms with van der Waals surface area (Å²) in [5.74, 6) is 1.21. The molecule has 1 saturated heterocycles. The van der Waals surface area contributed by atoms with Crippen LogP contribution in [0, 0.1) is 0 Å². The fourth-order valence-corrected chi connectivity index (χ4v) is 3.50. The largest absolute Gasteiger partial charge is 0.355 e. The maximum atomic E-state index is 5.58. The smallest absolute Gasteiger partial charge is 0.135 e. The maximum Gasteiger partial charge on any atom is 0.135 e. The molecule has 0 unspecified atom stereocenters. The zero-order valence-corrected chi connectivity index (χ0v) is 12.9. The second-order valence-corrected chi connectivity index (χ2v) is 6.15. The van der Waals surface area contributed by atoms with Crippen molar-refractivity contribution in [3.05, 3.63) is 17.6 Å². The van der Waals surface area contributed by atoms with Crippen LogP contribution in [0.15, 0.2) is 6.33 Å². The molecule has 3 rings (SSSR count). The first-order valence-corrected chi connectivity index (χ1v) is 8.38. The van der Waals surface area contributed by atoms with Crippen LogP contribution < -0.4 is 10.6 Å². The van der Waals surface area contributed by atoms with E-state index in [1.807, 2.05) is 0 Å². The van der Waals surface area contributed by atoms with Crippen LogP contribution in [-0.2, 0) is 12.8 Å². The van der Waals surface area contributed by atoms with Crippen LogP contribution in [0.2, 0.25) is 0 Å². The van der Waals surface area contributed by atoms with Gasteiger partial charge in [0.15, 0.2) is 0 Å². The topological polar surface area (TPSA) is 58.3 Å². The molecule has 0 radical (unpaired) electrons. The van der Waals surface area contributed by atoms with Crippen LogP contribution in [0.1, 0.15) is 36.9 Å². The average Bonchev–Trinajstić information content (AvgIpc) is 2.87. The zero-order chi connectivity index (χ0) is 14.5. The highest BCUT2D eigenvalue weighted by Crippen LogP contribution is 2.28. The molecule has 1 aliphatic heterocycles. The van der Waals surface area contributed by atoms with Gasteiger partial charge in [-0.15, -0.1) is 0 Å². The van der Waals surface area contributed by atoms with Crippen molar-refractivity contribution in [3.63, 3.8) is 0 Å². The lowest BCUT2D eigenvalue weighted by molar-refractivity contribution is 0.288. The second kappa shape index (κ2) is 7.18. The number of rotatable bonds is 5. The summed E-state index contributed by atoms with van der Waals surface area (Å²) in [4.78, 5) is 14.1. The lowest BCUT2D eigenvalue weighted by Gasteiger charge is -2.24. The molecule has 1 fully saturated rings. The van der Waals surface area contributed by atoms with E-state index >= 15 is 0 Å². The summed E-state index contributed by atoms with van der Waals surface area (Å²) in [5, 5.41) is 0. The van der Waals surface area contributed by atoms with Gasteiger partial charge in [0.2, 0.25) is 0 Å². The summed E-state index contributed by atoms with van der Waals surface area (Å²) in [6.45, 7) is 6.56. The molecule has 0 aromatic carbocycles. The van der Waals surface area contributed by atoms with E-state index in [0.717, 1.165) is 45.4 Å². The van der Waals surface area contributed by atoms with E-state index in [-0.39, 0.29) is 0 Å². The van der Waals surface area contributed by atoms with Gasteiger partial charge in [-0.25, -0.2) is 9.97 Å². The lowest BCUT2D eigenvalue weighted by atomic mass is 10.2. The Morgan fingerprint density at radius 1 is 1.00 bits per heavy atom. The van der Waals surface area contributed by atoms with E-state index in [1.165, 1.54) is 49.4 Å². The van der Waals surface area contributed by atoms with Gasteiger partial charge in [-0.3, -0.25) is 0 Å². The molecule has 21 heavy (non-hydrogen) atoms. The number of unbranched alkanes of at least 4 members (excludes halogenated alkanes) is 1. The molecule has 1 aromatic heterocycles. The third-order valence-corrected chi connectivity index (χ3v) is 4.67. The highest BCUT2D eigenvalue weighted by Gasteiger charge is 2.22. The van der Waals surface area contributed by atoms with E-state index in [2.05, 4.69) is 19.8 Å². The summed E-state index contributed by atoms with van der Waals surface area (Å²) in [7, 11) is 0. The quantitative estimate of drug-likeness (QED) is 0.826. The predicted octanol–water partition coefficient (Wildman–Crippen LogP) is 1.22. The van der Waals surface area contributed by atoms with Gasteiger partial charge >= 0.3 is 0 Å². The summed E-state index contributed by atoms with van der Waals surface area (Å²) in [6.07, 6.45) is 8.86. The number of anilines is 1. The Bertz CT molecular complexity index is 462. The molecule has 116 valence electrons. The van der Waals surface area contributed by atoms with Crippen molar-refractivity contribution in [2.45, 2.75) is 38.5 Å². The molecular weight excluding hydrogens is 262 g/mol. The van der Waals surface area contributed by atoms with Crippen molar-refractivity contribution in [2.24, 2.45) is 5.73 Å². The summed E-state index contributed by atoms with van der Waals surface area (Å²) < 4.78 is 0. The van der Waals surface area contributed by atoms with Crippen LogP contribution in [0.3, 0.4) is 0 Å². The minimum Gasteiger partial charge on any atom is -0.355 e. The minimum absolute atomic E-state index is 0.813. The summed E-state index contributed by atoms with van der Waals surface area (Å²) in [6, 6.07) is 0. The summed E-state index contributed by atoms with van der Waals surface area (Å²) in [5.41, 5.74) is 8.28. The molecule has 1 aromatic rings. The zero-order valence-electron chi connectivity index (χ0n) is 12.9. The van der Waals surface area contributed by atoms with Crippen LogP contribution in [-0.4, -0.2) is 54.1 Å². The van der Waals surface area contributed by atoms with Crippen LogP contribution in [0.4, 0.5) is 5.82 Å². The number of nitrogens with zero attached hydrogens (tertiary/aromatic N) is 4. The Balaban J connectivity index is 1.61. The Morgan fingerprint density at radius 3 is 2.86 bits per heavy atom. The average molecular weight is 289 g/mol. The van der Waals surface area contributed by atoms with Crippen LogP contribution in [0.5, 0.6) is 0 Å². The van der Waals surface area contributed by atoms with Crippen molar-refractivity contribution in [1.29, 1.82) is 0 Å². The first-order valence-electron chi connectivity index (χ1n) is 8.38. The molecular formula is C16H27N5. The summed E-state index contributed by atoms with van der Waals surface area (Å²) >= 11 is 0. The first-order chi connectivity index (χ1) is 10.4. The normalized spacial score (nSPS) is 19.6. The van der Waals surface area contributed by atoms with E-state index in [4.69, 9.17) is 5.73 Å². The van der Waals surface area contributed by atoms with Crippen LogP contribution in [0.25, 0.3) is 0 Å². The van der Waals surface area contributed by atoms with E-state index in [9.17, 15) is 0 Å². The Kier molecular flexibility index (Phi) is 5.04. The molecule has 0 amide bonds. The highest BCUT2D eigenvalue weighted by atomic mass is 15.2. The van der Waals surface area contributed by atoms with E-state index in [0.29, 0.717) is 0 Å². The molecule has 0 spiro atoms. The monoisotopic (exact) mass is 289 g/mol. The Morgan fingerprint density at radius 2 is 1.95 bits per heavy atom. The molecule has 0 bridgehead atoms. The first kappa shape index (κ1) is 14.7. The second-order valence-electron chi connectivity index (χ2n) is 6.15. The molecule has 2 heterocycles. The van der Waals surface area contributed by atoms with Crippen molar-refractivity contribution >= 4 is 5.82 Å². The van der Waals surface area contributed by atoms with Crippen molar-refractivity contribution in [2.75, 3.05) is 44.2 Å². The number of hydrogen-bond acceptors (Lipinski definition) is 5.